The fourth-order valence-electron chi connectivity index (χ4n) is 5.31. The number of nitrogens with one attached hydrogen (secondary N) is 1. The van der Waals surface area contributed by atoms with Gasteiger partial charge in [0.25, 0.3) is 5.95 Å². The molecular weight excluding hydrogens is 560 g/mol. The summed E-state index contributed by atoms with van der Waals surface area (Å²) in [5.74, 6) is 0.337. The van der Waals surface area contributed by atoms with Crippen LogP contribution < -0.4 is 19.9 Å². The zero-order valence-electron chi connectivity index (χ0n) is 25.2. The second kappa shape index (κ2) is 12.6. The van der Waals surface area contributed by atoms with Gasteiger partial charge in [0.15, 0.2) is 5.75 Å². The van der Waals surface area contributed by atoms with E-state index >= 15 is 0 Å². The molecule has 5 rings (SSSR count). The molecule has 0 radical (unpaired) electrons. The first-order valence-electron chi connectivity index (χ1n) is 14.6. The molecular formula is C29H39F2N9O3. The lowest BCUT2D eigenvalue weighted by molar-refractivity contribution is 0.0504. The standard InChI is InChI=1S/C29H39F2N9O3/c1-18(2)40-36-27(35-37-40)38-10-8-19(9-11-38)17-42-21-13-32-26(33-14-21)39-15-23(22-12-20(30)6-7-24(22)31)25(16-39)34-28(41)43-29(3,4)5/h6-7,12-14,18-19,23,25H,8-11,15-17H2,1-5H3,(H,34,41)/t23-,25+/m1/s1. The molecule has 14 heteroatoms. The van der Waals surface area contributed by atoms with Gasteiger partial charge in [0.2, 0.25) is 5.95 Å². The van der Waals surface area contributed by atoms with Crippen molar-refractivity contribution in [3.05, 3.63) is 47.8 Å². The van der Waals surface area contributed by atoms with E-state index in [0.717, 1.165) is 38.1 Å². The van der Waals surface area contributed by atoms with Crippen molar-refractivity contribution in [2.75, 3.05) is 42.6 Å². The number of rotatable bonds is 8. The predicted octanol–water partition coefficient (Wildman–Crippen LogP) is 4.11. The number of carbonyl (C=O) groups is 1. The van der Waals surface area contributed by atoms with Crippen molar-refractivity contribution in [1.82, 2.24) is 35.5 Å². The molecule has 2 fully saturated rings. The highest BCUT2D eigenvalue weighted by Crippen LogP contribution is 2.32. The molecule has 1 N–H and O–H groups in total. The lowest BCUT2D eigenvalue weighted by Gasteiger charge is -2.30. The number of halogens is 2. The molecule has 12 nitrogen and oxygen atoms in total. The summed E-state index contributed by atoms with van der Waals surface area (Å²) in [5, 5.41) is 15.6. The molecule has 43 heavy (non-hydrogen) atoms. The monoisotopic (exact) mass is 599 g/mol. The largest absolute Gasteiger partial charge is 0.490 e. The van der Waals surface area contributed by atoms with E-state index in [1.54, 1.807) is 38.0 Å². The summed E-state index contributed by atoms with van der Waals surface area (Å²) in [4.78, 5) is 27.1. The zero-order chi connectivity index (χ0) is 30.7. The van der Waals surface area contributed by atoms with Gasteiger partial charge in [-0.05, 0) is 82.4 Å². The maximum atomic E-state index is 14.8. The van der Waals surface area contributed by atoms with Gasteiger partial charge < -0.3 is 24.6 Å². The summed E-state index contributed by atoms with van der Waals surface area (Å²) in [6.45, 7) is 12.1. The third-order valence-electron chi connectivity index (χ3n) is 7.54. The molecule has 1 aromatic carbocycles. The normalized spacial score (nSPS) is 19.6. The van der Waals surface area contributed by atoms with Crippen LogP contribution in [0.2, 0.25) is 0 Å². The van der Waals surface area contributed by atoms with Crippen LogP contribution >= 0.6 is 0 Å². The average molecular weight is 600 g/mol. The van der Waals surface area contributed by atoms with Crippen LogP contribution in [0.3, 0.4) is 0 Å². The summed E-state index contributed by atoms with van der Waals surface area (Å²) in [5.41, 5.74) is -0.528. The Morgan fingerprint density at radius 1 is 1.07 bits per heavy atom. The number of aromatic nitrogens is 6. The van der Waals surface area contributed by atoms with Gasteiger partial charge in [-0.15, -0.1) is 5.10 Å². The van der Waals surface area contributed by atoms with Gasteiger partial charge in [-0.2, -0.15) is 4.80 Å². The minimum atomic E-state index is -0.704. The first-order valence-corrected chi connectivity index (χ1v) is 14.6. The third kappa shape index (κ3) is 7.65. The molecule has 2 aliphatic heterocycles. The van der Waals surface area contributed by atoms with E-state index in [0.29, 0.717) is 36.7 Å². The first-order chi connectivity index (χ1) is 20.4. The Morgan fingerprint density at radius 2 is 1.79 bits per heavy atom. The second-order valence-corrected chi connectivity index (χ2v) is 12.4. The number of ether oxygens (including phenoxy) is 2. The molecule has 3 aromatic rings. The highest BCUT2D eigenvalue weighted by Gasteiger charge is 2.38. The Balaban J connectivity index is 1.18. The van der Waals surface area contributed by atoms with Crippen molar-refractivity contribution in [2.24, 2.45) is 5.92 Å². The fraction of sp³-hybridized carbons (Fsp3) is 0.586. The number of benzene rings is 1. The highest BCUT2D eigenvalue weighted by atomic mass is 19.1. The predicted molar refractivity (Wildman–Crippen MR) is 155 cm³/mol. The van der Waals surface area contributed by atoms with E-state index in [4.69, 9.17) is 9.47 Å². The van der Waals surface area contributed by atoms with Crippen LogP contribution in [0.15, 0.2) is 30.6 Å². The van der Waals surface area contributed by atoms with E-state index in [9.17, 15) is 13.6 Å². The molecule has 2 saturated heterocycles. The Bertz CT molecular complexity index is 1390. The van der Waals surface area contributed by atoms with Crippen molar-refractivity contribution in [3.63, 3.8) is 0 Å². The van der Waals surface area contributed by atoms with Gasteiger partial charge in [0, 0.05) is 32.1 Å². The Hall–Kier alpha value is -4.10. The van der Waals surface area contributed by atoms with E-state index in [2.05, 4.69) is 35.6 Å². The maximum absolute atomic E-state index is 14.8. The topological polar surface area (TPSA) is 123 Å². The lowest BCUT2D eigenvalue weighted by Crippen LogP contribution is -2.43. The Morgan fingerprint density at radius 3 is 2.44 bits per heavy atom. The van der Waals surface area contributed by atoms with Crippen LogP contribution in [0.4, 0.5) is 25.5 Å². The van der Waals surface area contributed by atoms with Crippen molar-refractivity contribution >= 4 is 18.0 Å². The number of anilines is 2. The maximum Gasteiger partial charge on any atom is 0.407 e. The Kier molecular flexibility index (Phi) is 8.92. The third-order valence-corrected chi connectivity index (χ3v) is 7.54. The average Bonchev–Trinajstić information content (AvgIpc) is 3.61. The van der Waals surface area contributed by atoms with Crippen LogP contribution in [0.1, 0.15) is 65.0 Å². The summed E-state index contributed by atoms with van der Waals surface area (Å²) in [6, 6.07) is 2.95. The van der Waals surface area contributed by atoms with Crippen molar-refractivity contribution in [3.8, 4) is 5.75 Å². The number of hydrogen-bond acceptors (Lipinski definition) is 10. The molecule has 2 aliphatic rings. The van der Waals surface area contributed by atoms with Gasteiger partial charge in [0.1, 0.15) is 17.2 Å². The summed E-state index contributed by atoms with van der Waals surface area (Å²) < 4.78 is 40.3. The van der Waals surface area contributed by atoms with Crippen LogP contribution in [-0.2, 0) is 4.74 Å². The molecule has 0 bridgehead atoms. The number of nitrogens with zero attached hydrogens (tertiary/aromatic N) is 8. The van der Waals surface area contributed by atoms with Crippen molar-refractivity contribution in [1.29, 1.82) is 0 Å². The minimum absolute atomic E-state index is 0.166. The molecule has 232 valence electrons. The molecule has 0 spiro atoms. The molecule has 2 atom stereocenters. The van der Waals surface area contributed by atoms with Gasteiger partial charge in [-0.25, -0.2) is 23.5 Å². The number of carbonyl (C=O) groups excluding carboxylic acids is 1. The van der Waals surface area contributed by atoms with E-state index in [-0.39, 0.29) is 18.2 Å². The van der Waals surface area contributed by atoms with Gasteiger partial charge in [0.05, 0.1) is 31.1 Å². The SMILES string of the molecule is CC(C)n1nnc(N2CCC(COc3cnc(N4C[C@H](NC(=O)OC(C)(C)C)[C@@H](c5cc(F)ccc5F)C4)nc3)CC2)n1. The fourth-order valence-corrected chi connectivity index (χ4v) is 5.31. The van der Waals surface area contributed by atoms with Crippen molar-refractivity contribution in [2.45, 2.75) is 71.1 Å². The van der Waals surface area contributed by atoms with Crippen molar-refractivity contribution < 1.29 is 23.0 Å². The van der Waals surface area contributed by atoms with Gasteiger partial charge in [-0.1, -0.05) is 5.10 Å². The Labute approximate surface area is 249 Å². The minimum Gasteiger partial charge on any atom is -0.490 e. The number of hydrogen-bond donors (Lipinski definition) is 1. The van der Waals surface area contributed by atoms with E-state index < -0.39 is 35.3 Å². The smallest absolute Gasteiger partial charge is 0.407 e. The summed E-state index contributed by atoms with van der Waals surface area (Å²) in [7, 11) is 0. The number of amides is 1. The van der Waals surface area contributed by atoms with E-state index in [1.165, 1.54) is 6.07 Å². The summed E-state index contributed by atoms with van der Waals surface area (Å²) >= 11 is 0. The van der Waals surface area contributed by atoms with Crippen LogP contribution in [0.25, 0.3) is 0 Å². The molecule has 4 heterocycles. The number of alkyl carbamates (subject to hydrolysis) is 1. The lowest BCUT2D eigenvalue weighted by atomic mass is 9.94. The highest BCUT2D eigenvalue weighted by molar-refractivity contribution is 5.68. The van der Waals surface area contributed by atoms with Crippen LogP contribution in [0, 0.1) is 17.6 Å². The first kappa shape index (κ1) is 30.4. The van der Waals surface area contributed by atoms with Crippen LogP contribution in [-0.4, -0.2) is 80.7 Å². The molecule has 0 unspecified atom stereocenters. The summed E-state index contributed by atoms with van der Waals surface area (Å²) in [6.07, 6.45) is 4.46. The van der Waals surface area contributed by atoms with Gasteiger partial charge in [-0.3, -0.25) is 0 Å². The molecule has 2 aromatic heterocycles. The molecule has 1 amide bonds. The molecule has 0 aliphatic carbocycles. The van der Waals surface area contributed by atoms with E-state index in [1.807, 2.05) is 18.7 Å². The number of tetrazole rings is 1. The molecule has 0 saturated carbocycles. The second-order valence-electron chi connectivity index (χ2n) is 12.4. The quantitative estimate of drug-likeness (QED) is 0.405. The zero-order valence-corrected chi connectivity index (χ0v) is 25.2. The van der Waals surface area contributed by atoms with Crippen LogP contribution in [0.5, 0.6) is 5.75 Å². The number of piperidine rings is 1. The van der Waals surface area contributed by atoms with Gasteiger partial charge >= 0.3 is 6.09 Å².